The summed E-state index contributed by atoms with van der Waals surface area (Å²) in [6, 6.07) is 6.15. The fourth-order valence-corrected chi connectivity index (χ4v) is 1.96. The Hall–Kier alpha value is -1.81. The molecule has 0 aliphatic rings. The molecule has 4 nitrogen and oxygen atoms in total. The van der Waals surface area contributed by atoms with Crippen molar-refractivity contribution in [2.75, 3.05) is 13.7 Å². The molecule has 0 bridgehead atoms. The third kappa shape index (κ3) is 2.54. The molecule has 1 aromatic carbocycles. The minimum atomic E-state index is 0.805. The van der Waals surface area contributed by atoms with Gasteiger partial charge >= 0.3 is 0 Å². The van der Waals surface area contributed by atoms with Gasteiger partial charge in [-0.2, -0.15) is 5.10 Å². The fourth-order valence-electron chi connectivity index (χ4n) is 1.96. The van der Waals surface area contributed by atoms with Gasteiger partial charge in [-0.05, 0) is 25.6 Å². The summed E-state index contributed by atoms with van der Waals surface area (Å²) in [6.07, 6.45) is 1.86. The van der Waals surface area contributed by atoms with E-state index in [1.54, 1.807) is 7.11 Å². The lowest BCUT2D eigenvalue weighted by atomic mass is 10.0. The standard InChI is InChI=1S/C14H19N3O/c1-4-15-8-11-9-16-17-14(11)12-7-10(2)5-6-13(12)18-3/h5-7,9,15H,4,8H2,1-3H3,(H,16,17). The van der Waals surface area contributed by atoms with Gasteiger partial charge in [-0.15, -0.1) is 0 Å². The molecule has 0 unspecified atom stereocenters. The number of nitrogens with zero attached hydrogens (tertiary/aromatic N) is 1. The van der Waals surface area contributed by atoms with Gasteiger partial charge in [0.2, 0.25) is 0 Å². The molecule has 4 heteroatoms. The van der Waals surface area contributed by atoms with Crippen LogP contribution in [0.25, 0.3) is 11.3 Å². The number of nitrogens with one attached hydrogen (secondary N) is 2. The van der Waals surface area contributed by atoms with Gasteiger partial charge in [0.15, 0.2) is 0 Å². The molecule has 1 heterocycles. The van der Waals surface area contributed by atoms with E-state index in [2.05, 4.69) is 35.4 Å². The zero-order valence-corrected chi connectivity index (χ0v) is 11.1. The Labute approximate surface area is 107 Å². The molecule has 0 fully saturated rings. The van der Waals surface area contributed by atoms with Crippen LogP contribution in [0.4, 0.5) is 0 Å². The number of aromatic amines is 1. The summed E-state index contributed by atoms with van der Waals surface area (Å²) in [5.41, 5.74) is 4.44. The Bertz CT molecular complexity index is 520. The van der Waals surface area contributed by atoms with Crippen molar-refractivity contribution in [3.8, 4) is 17.0 Å². The smallest absolute Gasteiger partial charge is 0.128 e. The molecule has 18 heavy (non-hydrogen) atoms. The fraction of sp³-hybridized carbons (Fsp3) is 0.357. The summed E-state index contributed by atoms with van der Waals surface area (Å²) in [5, 5.41) is 10.5. The Morgan fingerprint density at radius 2 is 2.22 bits per heavy atom. The molecule has 0 saturated carbocycles. The Morgan fingerprint density at radius 3 is 2.94 bits per heavy atom. The van der Waals surface area contributed by atoms with Crippen molar-refractivity contribution in [1.29, 1.82) is 0 Å². The molecule has 0 aliphatic heterocycles. The minimum Gasteiger partial charge on any atom is -0.496 e. The number of rotatable bonds is 5. The molecule has 0 spiro atoms. The maximum atomic E-state index is 5.42. The molecule has 0 saturated heterocycles. The summed E-state index contributed by atoms with van der Waals surface area (Å²) in [4.78, 5) is 0. The van der Waals surface area contributed by atoms with E-state index in [4.69, 9.17) is 4.74 Å². The van der Waals surface area contributed by atoms with Gasteiger partial charge in [-0.1, -0.05) is 18.6 Å². The number of benzene rings is 1. The van der Waals surface area contributed by atoms with Gasteiger partial charge in [0, 0.05) is 17.7 Å². The topological polar surface area (TPSA) is 49.9 Å². The first-order valence-corrected chi connectivity index (χ1v) is 6.14. The monoisotopic (exact) mass is 245 g/mol. The van der Waals surface area contributed by atoms with Crippen LogP contribution < -0.4 is 10.1 Å². The van der Waals surface area contributed by atoms with Crippen LogP contribution in [0.1, 0.15) is 18.1 Å². The zero-order valence-electron chi connectivity index (χ0n) is 11.1. The molecule has 0 atom stereocenters. The Balaban J connectivity index is 2.41. The second kappa shape index (κ2) is 5.69. The molecule has 2 rings (SSSR count). The molecule has 1 aromatic heterocycles. The molecule has 2 N–H and O–H groups in total. The number of aryl methyl sites for hydroxylation is 1. The van der Waals surface area contributed by atoms with Gasteiger partial charge < -0.3 is 10.1 Å². The van der Waals surface area contributed by atoms with Crippen LogP contribution in [0.5, 0.6) is 5.75 Å². The highest BCUT2D eigenvalue weighted by molar-refractivity contribution is 5.70. The SMILES string of the molecule is CCNCc1cn[nH]c1-c1cc(C)ccc1OC. The maximum absolute atomic E-state index is 5.42. The first-order valence-electron chi connectivity index (χ1n) is 6.14. The van der Waals surface area contributed by atoms with E-state index >= 15 is 0 Å². The molecule has 0 amide bonds. The largest absolute Gasteiger partial charge is 0.496 e. The Morgan fingerprint density at radius 1 is 1.39 bits per heavy atom. The van der Waals surface area contributed by atoms with Crippen LogP contribution in [0, 0.1) is 6.92 Å². The summed E-state index contributed by atoms with van der Waals surface area (Å²) in [7, 11) is 1.69. The van der Waals surface area contributed by atoms with Crippen molar-refractivity contribution >= 4 is 0 Å². The van der Waals surface area contributed by atoms with Crippen LogP contribution in [-0.4, -0.2) is 23.9 Å². The lowest BCUT2D eigenvalue weighted by molar-refractivity contribution is 0.416. The molecular weight excluding hydrogens is 226 g/mol. The molecule has 0 aliphatic carbocycles. The predicted octanol–water partition coefficient (Wildman–Crippen LogP) is 2.50. The second-order valence-corrected chi connectivity index (χ2v) is 4.25. The second-order valence-electron chi connectivity index (χ2n) is 4.25. The highest BCUT2D eigenvalue weighted by atomic mass is 16.5. The van der Waals surface area contributed by atoms with Crippen molar-refractivity contribution in [3.05, 3.63) is 35.5 Å². The van der Waals surface area contributed by atoms with Crippen LogP contribution in [0.15, 0.2) is 24.4 Å². The quantitative estimate of drug-likeness (QED) is 0.851. The number of ether oxygens (including phenoxy) is 1. The van der Waals surface area contributed by atoms with Gasteiger partial charge in [-0.25, -0.2) is 0 Å². The van der Waals surface area contributed by atoms with Gasteiger partial charge in [0.05, 0.1) is 19.0 Å². The maximum Gasteiger partial charge on any atom is 0.128 e. The van der Waals surface area contributed by atoms with E-state index in [1.165, 1.54) is 5.56 Å². The molecule has 0 radical (unpaired) electrons. The average Bonchev–Trinajstić information content (AvgIpc) is 2.84. The van der Waals surface area contributed by atoms with E-state index in [0.29, 0.717) is 0 Å². The normalized spacial score (nSPS) is 10.6. The zero-order chi connectivity index (χ0) is 13.0. The van der Waals surface area contributed by atoms with E-state index in [-0.39, 0.29) is 0 Å². The lowest BCUT2D eigenvalue weighted by Gasteiger charge is -2.10. The van der Waals surface area contributed by atoms with E-state index in [1.807, 2.05) is 18.3 Å². The summed E-state index contributed by atoms with van der Waals surface area (Å²) in [5.74, 6) is 0.864. The van der Waals surface area contributed by atoms with Crippen molar-refractivity contribution in [2.45, 2.75) is 20.4 Å². The van der Waals surface area contributed by atoms with Gasteiger partial charge in [0.1, 0.15) is 5.75 Å². The number of hydrogen-bond acceptors (Lipinski definition) is 3. The van der Waals surface area contributed by atoms with Crippen LogP contribution >= 0.6 is 0 Å². The molecule has 96 valence electrons. The van der Waals surface area contributed by atoms with Crippen LogP contribution in [-0.2, 0) is 6.54 Å². The number of methoxy groups -OCH3 is 1. The van der Waals surface area contributed by atoms with Crippen molar-refractivity contribution in [2.24, 2.45) is 0 Å². The van der Waals surface area contributed by atoms with Crippen molar-refractivity contribution < 1.29 is 4.74 Å². The van der Waals surface area contributed by atoms with Gasteiger partial charge in [-0.3, -0.25) is 5.10 Å². The lowest BCUT2D eigenvalue weighted by Crippen LogP contribution is -2.11. The van der Waals surface area contributed by atoms with Crippen molar-refractivity contribution in [3.63, 3.8) is 0 Å². The average molecular weight is 245 g/mol. The van der Waals surface area contributed by atoms with Gasteiger partial charge in [0.25, 0.3) is 0 Å². The first-order chi connectivity index (χ1) is 8.76. The third-order valence-electron chi connectivity index (χ3n) is 2.91. The summed E-state index contributed by atoms with van der Waals surface area (Å²) < 4.78 is 5.42. The minimum absolute atomic E-state index is 0.805. The summed E-state index contributed by atoms with van der Waals surface area (Å²) >= 11 is 0. The van der Waals surface area contributed by atoms with E-state index < -0.39 is 0 Å². The molecular formula is C14H19N3O. The van der Waals surface area contributed by atoms with E-state index in [0.717, 1.165) is 35.7 Å². The highest BCUT2D eigenvalue weighted by Gasteiger charge is 2.12. The summed E-state index contributed by atoms with van der Waals surface area (Å²) in [6.45, 7) is 5.91. The number of aromatic nitrogens is 2. The van der Waals surface area contributed by atoms with E-state index in [9.17, 15) is 0 Å². The number of H-pyrrole nitrogens is 1. The predicted molar refractivity (Wildman–Crippen MR) is 72.7 cm³/mol. The van der Waals surface area contributed by atoms with Crippen LogP contribution in [0.3, 0.4) is 0 Å². The highest BCUT2D eigenvalue weighted by Crippen LogP contribution is 2.31. The Kier molecular flexibility index (Phi) is 3.99. The third-order valence-corrected chi connectivity index (χ3v) is 2.91. The molecule has 2 aromatic rings. The van der Waals surface area contributed by atoms with Crippen molar-refractivity contribution in [1.82, 2.24) is 15.5 Å². The number of hydrogen-bond donors (Lipinski definition) is 2. The first kappa shape index (κ1) is 12.6. The van der Waals surface area contributed by atoms with Crippen LogP contribution in [0.2, 0.25) is 0 Å².